The minimum absolute atomic E-state index is 0.179. The van der Waals surface area contributed by atoms with Gasteiger partial charge in [0.2, 0.25) is 0 Å². The molecular weight excluding hydrogens is 226 g/mol. The number of hydrogen-bond donors (Lipinski definition) is 2. The summed E-state index contributed by atoms with van der Waals surface area (Å²) in [7, 11) is 1.67. The average molecular weight is 249 g/mol. The fraction of sp³-hybridized carbons (Fsp3) is 0.600. The van der Waals surface area contributed by atoms with E-state index in [1.54, 1.807) is 7.11 Å². The number of hydrogen-bond acceptors (Lipinski definition) is 3. The molecule has 0 saturated heterocycles. The second-order valence-corrected chi connectivity index (χ2v) is 5.04. The van der Waals surface area contributed by atoms with E-state index in [0.29, 0.717) is 0 Å². The largest absolute Gasteiger partial charge is 0.497 e. The van der Waals surface area contributed by atoms with Gasteiger partial charge in [-0.2, -0.15) is 0 Å². The zero-order chi connectivity index (χ0) is 12.8. The highest BCUT2D eigenvalue weighted by molar-refractivity contribution is 5.47. The zero-order valence-electron chi connectivity index (χ0n) is 11.1. The van der Waals surface area contributed by atoms with Crippen molar-refractivity contribution in [1.29, 1.82) is 0 Å². The highest BCUT2D eigenvalue weighted by Gasteiger charge is 2.20. The molecule has 0 spiro atoms. The van der Waals surface area contributed by atoms with Gasteiger partial charge < -0.3 is 15.2 Å². The molecular formula is C15H23NO2. The first-order chi connectivity index (χ1) is 8.79. The summed E-state index contributed by atoms with van der Waals surface area (Å²) in [5, 5.41) is 13.6. The first-order valence-electron chi connectivity index (χ1n) is 6.88. The van der Waals surface area contributed by atoms with Gasteiger partial charge in [0.15, 0.2) is 0 Å². The molecule has 0 heterocycles. The Morgan fingerprint density at radius 1 is 1.06 bits per heavy atom. The molecule has 1 saturated carbocycles. The molecule has 0 amide bonds. The summed E-state index contributed by atoms with van der Waals surface area (Å²) in [5.74, 6) is 0.860. The number of aliphatic hydroxyl groups is 1. The number of nitrogens with one attached hydrogen (secondary N) is 1. The minimum atomic E-state index is -0.229. The number of methoxy groups -OCH3 is 1. The number of ether oxygens (including phenoxy) is 1. The van der Waals surface area contributed by atoms with Gasteiger partial charge in [0.1, 0.15) is 5.75 Å². The van der Waals surface area contributed by atoms with Crippen molar-refractivity contribution in [2.45, 2.75) is 50.7 Å². The van der Waals surface area contributed by atoms with Crippen LogP contribution in [0.1, 0.15) is 38.5 Å². The molecule has 0 radical (unpaired) electrons. The Labute approximate surface area is 109 Å². The first kappa shape index (κ1) is 13.2. The Balaban J connectivity index is 1.96. The van der Waals surface area contributed by atoms with Gasteiger partial charge in [-0.15, -0.1) is 0 Å². The quantitative estimate of drug-likeness (QED) is 0.864. The van der Waals surface area contributed by atoms with Crippen molar-refractivity contribution in [2.75, 3.05) is 12.4 Å². The van der Waals surface area contributed by atoms with E-state index in [1.807, 2.05) is 24.3 Å². The molecule has 2 rings (SSSR count). The molecule has 2 N–H and O–H groups in total. The van der Waals surface area contributed by atoms with Gasteiger partial charge in [0.25, 0.3) is 0 Å². The maximum Gasteiger partial charge on any atom is 0.119 e. The van der Waals surface area contributed by atoms with Gasteiger partial charge in [0.05, 0.1) is 19.3 Å². The van der Waals surface area contributed by atoms with Crippen LogP contribution in [0.25, 0.3) is 0 Å². The van der Waals surface area contributed by atoms with E-state index < -0.39 is 0 Å². The lowest BCUT2D eigenvalue weighted by Crippen LogP contribution is -2.34. The molecule has 0 unspecified atom stereocenters. The standard InChI is InChI=1S/C15H23NO2/c1-18-13-10-8-12(9-11-13)16-14-6-4-2-3-5-7-15(14)17/h8-11,14-17H,2-7H2,1H3/t14-,15-/m1/s1. The summed E-state index contributed by atoms with van der Waals surface area (Å²) in [5.41, 5.74) is 1.06. The smallest absolute Gasteiger partial charge is 0.119 e. The van der Waals surface area contributed by atoms with Gasteiger partial charge in [-0.25, -0.2) is 0 Å². The van der Waals surface area contributed by atoms with Crippen LogP contribution in [0.4, 0.5) is 5.69 Å². The molecule has 2 atom stereocenters. The maximum atomic E-state index is 10.1. The number of anilines is 1. The van der Waals surface area contributed by atoms with E-state index in [0.717, 1.165) is 30.7 Å². The SMILES string of the molecule is COc1ccc(N[C@@H]2CCCCCC[C@H]2O)cc1. The molecule has 0 bridgehead atoms. The summed E-state index contributed by atoms with van der Waals surface area (Å²) < 4.78 is 5.14. The molecule has 1 aliphatic carbocycles. The molecule has 0 aliphatic heterocycles. The first-order valence-corrected chi connectivity index (χ1v) is 6.88. The normalized spacial score (nSPS) is 25.0. The van der Waals surface area contributed by atoms with Gasteiger partial charge in [-0.1, -0.05) is 25.7 Å². The molecule has 1 aromatic rings. The van der Waals surface area contributed by atoms with Crippen LogP contribution in [-0.4, -0.2) is 24.4 Å². The summed E-state index contributed by atoms with van der Waals surface area (Å²) >= 11 is 0. The van der Waals surface area contributed by atoms with Gasteiger partial charge >= 0.3 is 0 Å². The second kappa shape index (κ2) is 6.64. The maximum absolute atomic E-state index is 10.1. The highest BCUT2D eigenvalue weighted by atomic mass is 16.5. The molecule has 1 fully saturated rings. The van der Waals surface area contributed by atoms with Crippen LogP contribution in [-0.2, 0) is 0 Å². The third kappa shape index (κ3) is 3.64. The third-order valence-electron chi connectivity index (χ3n) is 3.67. The van der Waals surface area contributed by atoms with Crippen LogP contribution >= 0.6 is 0 Å². The Morgan fingerprint density at radius 3 is 2.39 bits per heavy atom. The van der Waals surface area contributed by atoms with Crippen molar-refractivity contribution < 1.29 is 9.84 Å². The Kier molecular flexibility index (Phi) is 4.88. The molecule has 18 heavy (non-hydrogen) atoms. The molecule has 1 aliphatic rings. The van der Waals surface area contributed by atoms with E-state index in [1.165, 1.54) is 19.3 Å². The minimum Gasteiger partial charge on any atom is -0.497 e. The predicted molar refractivity (Wildman–Crippen MR) is 74.1 cm³/mol. The van der Waals surface area contributed by atoms with E-state index in [4.69, 9.17) is 4.74 Å². The second-order valence-electron chi connectivity index (χ2n) is 5.04. The van der Waals surface area contributed by atoms with E-state index in [-0.39, 0.29) is 12.1 Å². The van der Waals surface area contributed by atoms with Crippen LogP contribution in [0.2, 0.25) is 0 Å². The van der Waals surface area contributed by atoms with Crippen LogP contribution in [0.5, 0.6) is 5.75 Å². The van der Waals surface area contributed by atoms with E-state index >= 15 is 0 Å². The summed E-state index contributed by atoms with van der Waals surface area (Å²) in [6.07, 6.45) is 6.61. The van der Waals surface area contributed by atoms with E-state index in [9.17, 15) is 5.11 Å². The Hall–Kier alpha value is -1.22. The average Bonchev–Trinajstić information content (AvgIpc) is 2.39. The molecule has 0 aromatic heterocycles. The number of rotatable bonds is 3. The lowest BCUT2D eigenvalue weighted by atomic mass is 9.94. The Bertz CT molecular complexity index is 350. The summed E-state index contributed by atoms with van der Waals surface area (Å²) in [6.45, 7) is 0. The summed E-state index contributed by atoms with van der Waals surface area (Å²) in [4.78, 5) is 0. The molecule has 1 aromatic carbocycles. The topological polar surface area (TPSA) is 41.5 Å². The number of aliphatic hydroxyl groups excluding tert-OH is 1. The van der Waals surface area contributed by atoms with Crippen molar-refractivity contribution in [1.82, 2.24) is 0 Å². The predicted octanol–water partition coefficient (Wildman–Crippen LogP) is 3.19. The fourth-order valence-corrected chi connectivity index (χ4v) is 2.53. The Morgan fingerprint density at radius 2 is 1.72 bits per heavy atom. The van der Waals surface area contributed by atoms with Gasteiger partial charge in [-0.3, -0.25) is 0 Å². The van der Waals surface area contributed by atoms with Crippen molar-refractivity contribution in [3.63, 3.8) is 0 Å². The van der Waals surface area contributed by atoms with Crippen molar-refractivity contribution in [3.05, 3.63) is 24.3 Å². The van der Waals surface area contributed by atoms with Crippen LogP contribution < -0.4 is 10.1 Å². The highest BCUT2D eigenvalue weighted by Crippen LogP contribution is 2.22. The van der Waals surface area contributed by atoms with Gasteiger partial charge in [-0.05, 0) is 37.1 Å². The van der Waals surface area contributed by atoms with Crippen molar-refractivity contribution in [3.8, 4) is 5.75 Å². The monoisotopic (exact) mass is 249 g/mol. The summed E-state index contributed by atoms with van der Waals surface area (Å²) in [6, 6.07) is 8.07. The van der Waals surface area contributed by atoms with Crippen LogP contribution in [0.3, 0.4) is 0 Å². The fourth-order valence-electron chi connectivity index (χ4n) is 2.53. The molecule has 100 valence electrons. The zero-order valence-corrected chi connectivity index (χ0v) is 11.1. The van der Waals surface area contributed by atoms with E-state index in [2.05, 4.69) is 5.32 Å². The number of benzene rings is 1. The van der Waals surface area contributed by atoms with Crippen LogP contribution in [0.15, 0.2) is 24.3 Å². The lowest BCUT2D eigenvalue weighted by Gasteiger charge is -2.27. The van der Waals surface area contributed by atoms with Crippen molar-refractivity contribution in [2.24, 2.45) is 0 Å². The third-order valence-corrected chi connectivity index (χ3v) is 3.67. The lowest BCUT2D eigenvalue weighted by molar-refractivity contribution is 0.128. The van der Waals surface area contributed by atoms with Crippen LogP contribution in [0, 0.1) is 0 Å². The molecule has 3 heteroatoms. The molecule has 3 nitrogen and oxygen atoms in total. The van der Waals surface area contributed by atoms with Crippen molar-refractivity contribution >= 4 is 5.69 Å². The van der Waals surface area contributed by atoms with Gasteiger partial charge in [0, 0.05) is 5.69 Å².